The third-order valence-corrected chi connectivity index (χ3v) is 7.70. The number of esters is 2. The average molecular weight is 673 g/mol. The quantitative estimate of drug-likeness (QED) is 0.0288. The molecule has 0 saturated carbocycles. The summed E-state index contributed by atoms with van der Waals surface area (Å²) in [6.45, 7) is 2.14. The summed E-state index contributed by atoms with van der Waals surface area (Å²) in [5.74, 6) is -0.985. The molecule has 10 nitrogen and oxygen atoms in total. The van der Waals surface area contributed by atoms with Gasteiger partial charge in [-0.25, -0.2) is 4.57 Å². The van der Waals surface area contributed by atoms with Gasteiger partial charge in [-0.1, -0.05) is 107 Å². The predicted octanol–water partition coefficient (Wildman–Crippen LogP) is 7.82. The summed E-state index contributed by atoms with van der Waals surface area (Å²) >= 11 is 0. The Bertz CT molecular complexity index is 915. The Morgan fingerprint density at radius 1 is 0.674 bits per heavy atom. The second-order valence-electron chi connectivity index (χ2n) is 11.2. The zero-order valence-electron chi connectivity index (χ0n) is 28.3. The van der Waals surface area contributed by atoms with E-state index in [1.54, 1.807) is 0 Å². The van der Waals surface area contributed by atoms with Crippen molar-refractivity contribution in [3.05, 3.63) is 48.6 Å². The first-order chi connectivity index (χ1) is 22.2. The second-order valence-corrected chi connectivity index (χ2v) is 12.6. The molecule has 3 N–H and O–H groups in total. The van der Waals surface area contributed by atoms with Crippen LogP contribution in [0.3, 0.4) is 0 Å². The molecule has 1 unspecified atom stereocenters. The Labute approximate surface area is 277 Å². The molecule has 3 atom stereocenters. The average Bonchev–Trinajstić information content (AvgIpc) is 3.04. The van der Waals surface area contributed by atoms with Crippen LogP contribution in [0, 0.1) is 0 Å². The van der Waals surface area contributed by atoms with E-state index in [9.17, 15) is 24.2 Å². The molecule has 46 heavy (non-hydrogen) atoms. The number of allylic oxidation sites excluding steroid dienone is 8. The van der Waals surface area contributed by atoms with E-state index >= 15 is 0 Å². The van der Waals surface area contributed by atoms with Gasteiger partial charge in [-0.2, -0.15) is 0 Å². The number of rotatable bonds is 31. The number of carbonyl (C=O) groups excluding carboxylic acids is 2. The van der Waals surface area contributed by atoms with Crippen LogP contribution in [-0.4, -0.2) is 65.7 Å². The highest BCUT2D eigenvalue weighted by atomic mass is 31.2. The summed E-state index contributed by atoms with van der Waals surface area (Å²) in [5, 5.41) is 18.2. The maximum Gasteiger partial charge on any atom is 0.472 e. The zero-order chi connectivity index (χ0) is 34.1. The van der Waals surface area contributed by atoms with Crippen molar-refractivity contribution in [1.82, 2.24) is 0 Å². The van der Waals surface area contributed by atoms with Gasteiger partial charge in [0.25, 0.3) is 0 Å². The van der Waals surface area contributed by atoms with E-state index in [0.29, 0.717) is 12.8 Å². The minimum Gasteiger partial charge on any atom is -0.462 e. The first kappa shape index (κ1) is 43.9. The highest BCUT2D eigenvalue weighted by Gasteiger charge is 2.27. The lowest BCUT2D eigenvalue weighted by Crippen LogP contribution is -2.29. The summed E-state index contributed by atoms with van der Waals surface area (Å²) in [7, 11) is -4.61. The third kappa shape index (κ3) is 30.6. The molecule has 0 radical (unpaired) electrons. The van der Waals surface area contributed by atoms with Gasteiger partial charge in [0.15, 0.2) is 6.10 Å². The largest absolute Gasteiger partial charge is 0.472 e. The van der Waals surface area contributed by atoms with Crippen molar-refractivity contribution in [2.75, 3.05) is 26.4 Å². The van der Waals surface area contributed by atoms with Gasteiger partial charge in [-0.15, -0.1) is 0 Å². The van der Waals surface area contributed by atoms with Crippen molar-refractivity contribution in [2.45, 2.75) is 135 Å². The summed E-state index contributed by atoms with van der Waals surface area (Å²) < 4.78 is 32.4. The molecule has 0 aromatic heterocycles. The molecule has 0 aliphatic heterocycles. The maximum absolute atomic E-state index is 12.5. The number of carbonyl (C=O) groups is 2. The molecule has 0 aromatic carbocycles. The number of aliphatic hydroxyl groups excluding tert-OH is 2. The highest BCUT2D eigenvalue weighted by Crippen LogP contribution is 2.43. The normalized spacial score (nSPS) is 14.8. The molecule has 0 heterocycles. The van der Waals surface area contributed by atoms with Crippen molar-refractivity contribution >= 4 is 19.8 Å². The van der Waals surface area contributed by atoms with Crippen molar-refractivity contribution in [3.8, 4) is 0 Å². The Hall–Kier alpha value is -2.07. The molecule has 0 aliphatic carbocycles. The van der Waals surface area contributed by atoms with Crippen LogP contribution in [0.15, 0.2) is 48.6 Å². The molecule has 0 rings (SSSR count). The van der Waals surface area contributed by atoms with Gasteiger partial charge < -0.3 is 24.6 Å². The summed E-state index contributed by atoms with van der Waals surface area (Å²) in [6, 6.07) is 0. The monoisotopic (exact) mass is 672 g/mol. The van der Waals surface area contributed by atoms with Crippen molar-refractivity contribution in [3.63, 3.8) is 0 Å². The first-order valence-electron chi connectivity index (χ1n) is 17.1. The molecule has 0 saturated heterocycles. The third-order valence-electron chi connectivity index (χ3n) is 6.75. The molecular formula is C35H61O10P. The molecule has 0 aromatic rings. The van der Waals surface area contributed by atoms with E-state index in [1.807, 2.05) is 0 Å². The first-order valence-corrected chi connectivity index (χ1v) is 18.6. The summed E-state index contributed by atoms with van der Waals surface area (Å²) in [4.78, 5) is 34.6. The number of ether oxygens (including phenoxy) is 2. The van der Waals surface area contributed by atoms with Crippen molar-refractivity contribution < 1.29 is 47.8 Å². The standard InChI is InChI=1S/C35H61O10P/c1-3-5-7-9-11-13-14-15-16-17-18-19-21-23-25-27-35(39)45-33(31-44-46(40,41)43-29-32(37)28-36)30-42-34(38)26-24-22-20-12-10-8-6-4-2/h5,7,11,13,15-16,18-19,32-33,36-37H,3-4,6,8-10,12,14,17,20-31H2,1-2H3,(H,40,41)/b7-5+,13-11+,16-15+,19-18+/t32-,33+/m0/s1. The van der Waals surface area contributed by atoms with Crippen LogP contribution in [0.5, 0.6) is 0 Å². The number of hydrogen-bond donors (Lipinski definition) is 3. The Kier molecular flexibility index (Phi) is 30.1. The van der Waals surface area contributed by atoms with Crippen molar-refractivity contribution in [1.29, 1.82) is 0 Å². The SMILES string of the molecule is CC/C=C/C/C=C/C/C=C/C/C=C/CCCCC(=O)O[C@H](COC(=O)CCCCCCCCCC)COP(=O)(O)OC[C@@H](O)CO. The smallest absolute Gasteiger partial charge is 0.462 e. The van der Waals surface area contributed by atoms with Crippen LogP contribution in [0.1, 0.15) is 123 Å². The van der Waals surface area contributed by atoms with E-state index in [2.05, 4.69) is 67.0 Å². The number of unbranched alkanes of at least 4 members (excludes halogenated alkanes) is 9. The summed E-state index contributed by atoms with van der Waals surface area (Å²) in [5.41, 5.74) is 0. The second kappa shape index (κ2) is 31.5. The van der Waals surface area contributed by atoms with E-state index in [4.69, 9.17) is 19.1 Å². The minimum absolute atomic E-state index is 0.131. The topological polar surface area (TPSA) is 149 Å². The molecule has 0 fully saturated rings. The molecule has 0 spiro atoms. The van der Waals surface area contributed by atoms with E-state index in [0.717, 1.165) is 57.8 Å². The minimum atomic E-state index is -4.61. The van der Waals surface area contributed by atoms with Crippen molar-refractivity contribution in [2.24, 2.45) is 0 Å². The number of hydrogen-bond acceptors (Lipinski definition) is 9. The van der Waals surface area contributed by atoms with Gasteiger partial charge >= 0.3 is 19.8 Å². The van der Waals surface area contributed by atoms with Crippen LogP contribution in [0.25, 0.3) is 0 Å². The van der Waals surface area contributed by atoms with Gasteiger partial charge in [-0.3, -0.25) is 18.6 Å². The van der Waals surface area contributed by atoms with E-state index in [1.165, 1.54) is 25.7 Å². The number of phosphoric ester groups is 1. The fraction of sp³-hybridized carbons (Fsp3) is 0.714. The molecule has 266 valence electrons. The van der Waals surface area contributed by atoms with E-state index < -0.39 is 51.8 Å². The molecule has 0 amide bonds. The van der Waals surface area contributed by atoms with Gasteiger partial charge in [0.2, 0.25) is 0 Å². The number of phosphoric acid groups is 1. The zero-order valence-corrected chi connectivity index (χ0v) is 29.2. The van der Waals surface area contributed by atoms with Crippen LogP contribution < -0.4 is 0 Å². The lowest BCUT2D eigenvalue weighted by Gasteiger charge is -2.20. The Balaban J connectivity index is 4.51. The fourth-order valence-corrected chi connectivity index (χ4v) is 4.89. The predicted molar refractivity (Wildman–Crippen MR) is 182 cm³/mol. The molecule has 0 aliphatic rings. The van der Waals surface area contributed by atoms with E-state index in [-0.39, 0.29) is 19.4 Å². The van der Waals surface area contributed by atoms with Crippen LogP contribution in [0.2, 0.25) is 0 Å². The van der Waals surface area contributed by atoms with Crippen LogP contribution >= 0.6 is 7.82 Å². The van der Waals surface area contributed by atoms with Gasteiger partial charge in [-0.05, 0) is 51.4 Å². The summed E-state index contributed by atoms with van der Waals surface area (Å²) in [6.07, 6.45) is 29.6. The highest BCUT2D eigenvalue weighted by molar-refractivity contribution is 7.47. The molecular weight excluding hydrogens is 611 g/mol. The van der Waals surface area contributed by atoms with Gasteiger partial charge in [0.05, 0.1) is 19.8 Å². The number of aliphatic hydroxyl groups is 2. The Morgan fingerprint density at radius 2 is 1.20 bits per heavy atom. The molecule has 11 heteroatoms. The lowest BCUT2D eigenvalue weighted by molar-refractivity contribution is -0.161. The Morgan fingerprint density at radius 3 is 1.80 bits per heavy atom. The molecule has 0 bridgehead atoms. The lowest BCUT2D eigenvalue weighted by atomic mass is 10.1. The fourth-order valence-electron chi connectivity index (χ4n) is 4.10. The van der Waals surface area contributed by atoms with Crippen LogP contribution in [-0.2, 0) is 32.7 Å². The van der Waals surface area contributed by atoms with Gasteiger partial charge in [0.1, 0.15) is 12.7 Å². The van der Waals surface area contributed by atoms with Crippen LogP contribution in [0.4, 0.5) is 0 Å². The maximum atomic E-state index is 12.5. The van der Waals surface area contributed by atoms with Gasteiger partial charge in [0, 0.05) is 12.8 Å².